The highest BCUT2D eigenvalue weighted by Crippen LogP contribution is 2.39. The molecular weight excluding hydrogens is 392 g/mol. The highest BCUT2D eigenvalue weighted by Gasteiger charge is 2.29. The van der Waals surface area contributed by atoms with E-state index in [0.717, 1.165) is 48.6 Å². The highest BCUT2D eigenvalue weighted by atomic mass is 16.1. The Morgan fingerprint density at radius 3 is 2.81 bits per heavy atom. The van der Waals surface area contributed by atoms with E-state index in [1.165, 1.54) is 0 Å². The smallest absolute Gasteiger partial charge is 0.274 e. The molecule has 0 atom stereocenters. The van der Waals surface area contributed by atoms with Crippen LogP contribution in [0.3, 0.4) is 0 Å². The molecule has 1 amide bonds. The Morgan fingerprint density at radius 1 is 1.06 bits per heavy atom. The lowest BCUT2D eigenvalue weighted by molar-refractivity contribution is 0.102. The molecule has 31 heavy (non-hydrogen) atoms. The zero-order chi connectivity index (χ0) is 20.8. The second kappa shape index (κ2) is 7.12. The molecule has 4 aromatic rings. The minimum atomic E-state index is -0.282. The number of aromatic nitrogens is 7. The van der Waals surface area contributed by atoms with Gasteiger partial charge in [0.25, 0.3) is 5.91 Å². The Balaban J connectivity index is 1.24. The molecule has 9 heteroatoms. The van der Waals surface area contributed by atoms with Crippen molar-refractivity contribution in [3.05, 3.63) is 66.8 Å². The number of carbonyl (C=O) groups excluding carboxylic acids is 1. The highest BCUT2D eigenvalue weighted by molar-refractivity contribution is 6.03. The average Bonchev–Trinajstić information content (AvgIpc) is 3.73. The molecule has 154 valence electrons. The lowest BCUT2D eigenvalue weighted by Crippen LogP contribution is -2.14. The minimum Gasteiger partial charge on any atom is -0.321 e. The van der Waals surface area contributed by atoms with E-state index in [9.17, 15) is 4.79 Å². The molecule has 0 bridgehead atoms. The summed E-state index contributed by atoms with van der Waals surface area (Å²) in [5.74, 6) is 1.92. The predicted molar refractivity (Wildman–Crippen MR) is 113 cm³/mol. The largest absolute Gasteiger partial charge is 0.321 e. The average molecular weight is 412 g/mol. The van der Waals surface area contributed by atoms with Gasteiger partial charge in [0.15, 0.2) is 5.82 Å². The third kappa shape index (κ3) is 3.48. The number of nitrogens with one attached hydrogen (secondary N) is 1. The minimum absolute atomic E-state index is 0.282. The molecule has 1 aromatic carbocycles. The fraction of sp³-hybridized carbons (Fsp3) is 0.273. The molecule has 2 fully saturated rings. The summed E-state index contributed by atoms with van der Waals surface area (Å²) in [7, 11) is 0. The molecule has 9 nitrogen and oxygen atoms in total. The van der Waals surface area contributed by atoms with Gasteiger partial charge in [-0.2, -0.15) is 5.10 Å². The van der Waals surface area contributed by atoms with Gasteiger partial charge in [-0.1, -0.05) is 12.1 Å². The number of pyridine rings is 1. The molecule has 0 spiro atoms. The van der Waals surface area contributed by atoms with Crippen LogP contribution in [-0.2, 0) is 0 Å². The summed E-state index contributed by atoms with van der Waals surface area (Å²) < 4.78 is 3.89. The van der Waals surface area contributed by atoms with Gasteiger partial charge in [-0.25, -0.2) is 9.67 Å². The normalized spacial score (nSPS) is 15.7. The van der Waals surface area contributed by atoms with Gasteiger partial charge in [-0.15, -0.1) is 10.2 Å². The number of anilines is 1. The molecule has 0 saturated heterocycles. The van der Waals surface area contributed by atoms with Gasteiger partial charge < -0.3 is 9.88 Å². The Kier molecular flexibility index (Phi) is 4.12. The fourth-order valence-corrected chi connectivity index (χ4v) is 3.74. The maximum absolute atomic E-state index is 12.9. The van der Waals surface area contributed by atoms with Crippen molar-refractivity contribution >= 4 is 11.6 Å². The van der Waals surface area contributed by atoms with E-state index < -0.39 is 0 Å². The van der Waals surface area contributed by atoms with Crippen LogP contribution in [-0.4, -0.2) is 40.4 Å². The van der Waals surface area contributed by atoms with Crippen LogP contribution >= 0.6 is 0 Å². The third-order valence-electron chi connectivity index (χ3n) is 5.63. The van der Waals surface area contributed by atoms with E-state index in [0.29, 0.717) is 23.3 Å². The number of hydrogen-bond acceptors (Lipinski definition) is 6. The summed E-state index contributed by atoms with van der Waals surface area (Å²) >= 11 is 0. The first-order valence-corrected chi connectivity index (χ1v) is 10.4. The lowest BCUT2D eigenvalue weighted by Gasteiger charge is -2.09. The SMILES string of the molecule is O=C(Nc1cccc(-c2nncn2C2CC2)c1)c1cc(-n2ncnc2C2CC2)ccn1. The van der Waals surface area contributed by atoms with E-state index in [2.05, 4.69) is 35.1 Å². The number of hydrogen-bond donors (Lipinski definition) is 1. The maximum atomic E-state index is 12.9. The van der Waals surface area contributed by atoms with Crippen molar-refractivity contribution < 1.29 is 4.79 Å². The van der Waals surface area contributed by atoms with Crippen LogP contribution in [0.5, 0.6) is 0 Å². The lowest BCUT2D eigenvalue weighted by atomic mass is 10.2. The summed E-state index contributed by atoms with van der Waals surface area (Å²) in [6, 6.07) is 11.7. The van der Waals surface area contributed by atoms with Crippen molar-refractivity contribution in [3.8, 4) is 17.1 Å². The molecule has 3 heterocycles. The number of amides is 1. The van der Waals surface area contributed by atoms with Crippen LogP contribution < -0.4 is 5.32 Å². The summed E-state index contributed by atoms with van der Waals surface area (Å²) in [5, 5.41) is 15.6. The van der Waals surface area contributed by atoms with Gasteiger partial charge in [-0.05, 0) is 49.9 Å². The topological polar surface area (TPSA) is 103 Å². The first-order chi connectivity index (χ1) is 15.3. The van der Waals surface area contributed by atoms with Crippen molar-refractivity contribution in [1.82, 2.24) is 34.5 Å². The van der Waals surface area contributed by atoms with Crippen molar-refractivity contribution in [2.75, 3.05) is 5.32 Å². The second-order valence-electron chi connectivity index (χ2n) is 8.03. The third-order valence-corrected chi connectivity index (χ3v) is 5.63. The van der Waals surface area contributed by atoms with E-state index in [-0.39, 0.29) is 5.91 Å². The Morgan fingerprint density at radius 2 is 1.97 bits per heavy atom. The zero-order valence-electron chi connectivity index (χ0n) is 16.7. The Labute approximate surface area is 178 Å². The van der Waals surface area contributed by atoms with Crippen LogP contribution in [0, 0.1) is 0 Å². The first kappa shape index (κ1) is 17.9. The van der Waals surface area contributed by atoms with Crippen LogP contribution in [0.4, 0.5) is 5.69 Å². The molecule has 2 aliphatic carbocycles. The van der Waals surface area contributed by atoms with Crippen LogP contribution in [0.25, 0.3) is 17.1 Å². The van der Waals surface area contributed by atoms with Crippen LogP contribution in [0.1, 0.15) is 54.0 Å². The molecular formula is C22H20N8O. The number of nitrogens with zero attached hydrogens (tertiary/aromatic N) is 7. The van der Waals surface area contributed by atoms with Gasteiger partial charge in [0.1, 0.15) is 24.2 Å². The Hall–Kier alpha value is -3.88. The number of rotatable bonds is 6. The van der Waals surface area contributed by atoms with Crippen molar-refractivity contribution in [2.24, 2.45) is 0 Å². The molecule has 3 aromatic heterocycles. The van der Waals surface area contributed by atoms with Crippen molar-refractivity contribution in [3.63, 3.8) is 0 Å². The van der Waals surface area contributed by atoms with Gasteiger partial charge in [0.05, 0.1) is 5.69 Å². The summed E-state index contributed by atoms with van der Waals surface area (Å²) in [5.41, 5.74) is 2.70. The van der Waals surface area contributed by atoms with E-state index >= 15 is 0 Å². The molecule has 0 aliphatic heterocycles. The molecule has 2 aliphatic rings. The predicted octanol–water partition coefficient (Wildman–Crippen LogP) is 3.39. The summed E-state index contributed by atoms with van der Waals surface area (Å²) in [6.07, 6.45) is 9.50. The summed E-state index contributed by atoms with van der Waals surface area (Å²) in [4.78, 5) is 21.5. The van der Waals surface area contributed by atoms with E-state index in [1.54, 1.807) is 29.6 Å². The number of benzene rings is 1. The monoisotopic (exact) mass is 412 g/mol. The van der Waals surface area contributed by atoms with Crippen molar-refractivity contribution in [2.45, 2.75) is 37.6 Å². The van der Waals surface area contributed by atoms with E-state index in [4.69, 9.17) is 0 Å². The second-order valence-corrected chi connectivity index (χ2v) is 8.03. The number of carbonyl (C=O) groups is 1. The molecule has 2 saturated carbocycles. The first-order valence-electron chi connectivity index (χ1n) is 10.4. The zero-order valence-corrected chi connectivity index (χ0v) is 16.7. The molecule has 0 unspecified atom stereocenters. The van der Waals surface area contributed by atoms with Crippen LogP contribution in [0.15, 0.2) is 55.2 Å². The van der Waals surface area contributed by atoms with Gasteiger partial charge in [-0.3, -0.25) is 9.78 Å². The van der Waals surface area contributed by atoms with Gasteiger partial charge in [0.2, 0.25) is 0 Å². The van der Waals surface area contributed by atoms with E-state index in [1.807, 2.05) is 30.3 Å². The standard InChI is InChI=1S/C22H20N8O/c31-22(19-11-18(8-9-23-19)30-20(14-4-5-14)24-12-26-30)27-16-3-1-2-15(10-16)21-28-25-13-29(21)17-6-7-17/h1-3,8-14,17H,4-7H2,(H,27,31). The maximum Gasteiger partial charge on any atom is 0.274 e. The van der Waals surface area contributed by atoms with Gasteiger partial charge >= 0.3 is 0 Å². The molecule has 6 rings (SSSR count). The molecule has 1 N–H and O–H groups in total. The quantitative estimate of drug-likeness (QED) is 0.521. The fourth-order valence-electron chi connectivity index (χ4n) is 3.74. The molecule has 0 radical (unpaired) electrons. The Bertz CT molecular complexity index is 1270. The van der Waals surface area contributed by atoms with Crippen molar-refractivity contribution in [1.29, 1.82) is 0 Å². The van der Waals surface area contributed by atoms with Gasteiger partial charge in [0, 0.05) is 29.4 Å². The van der Waals surface area contributed by atoms with Crippen LogP contribution in [0.2, 0.25) is 0 Å². The summed E-state index contributed by atoms with van der Waals surface area (Å²) in [6.45, 7) is 0.